The molecule has 0 atom stereocenters. The smallest absolute Gasteiger partial charge is 0.290 e. The number of anilines is 1. The van der Waals surface area contributed by atoms with E-state index in [0.717, 1.165) is 37.9 Å². The Morgan fingerprint density at radius 2 is 1.96 bits per heavy atom. The summed E-state index contributed by atoms with van der Waals surface area (Å²) in [7, 11) is 0. The molecule has 0 spiro atoms. The molecule has 2 N–H and O–H groups in total. The van der Waals surface area contributed by atoms with Gasteiger partial charge in [0, 0.05) is 13.1 Å². The van der Waals surface area contributed by atoms with Crippen molar-refractivity contribution in [1.82, 2.24) is 20.8 Å². The number of aromatic nitrogens is 2. The third-order valence-corrected chi connectivity index (χ3v) is 4.64. The summed E-state index contributed by atoms with van der Waals surface area (Å²) in [6.45, 7) is 3.46. The maximum atomic E-state index is 12.4. The van der Waals surface area contributed by atoms with Crippen molar-refractivity contribution in [3.05, 3.63) is 46.7 Å². The van der Waals surface area contributed by atoms with Crippen LogP contribution >= 0.6 is 11.6 Å². The number of hydrogen-bond acceptors (Lipinski definition) is 6. The molecule has 9 heteroatoms. The van der Waals surface area contributed by atoms with Crippen molar-refractivity contribution in [2.24, 2.45) is 0 Å². The summed E-state index contributed by atoms with van der Waals surface area (Å²) in [6, 6.07) is 7.48. The van der Waals surface area contributed by atoms with Crippen LogP contribution in [0.5, 0.6) is 5.75 Å². The summed E-state index contributed by atoms with van der Waals surface area (Å²) in [5.41, 5.74) is 5.63. The van der Waals surface area contributed by atoms with Gasteiger partial charge >= 0.3 is 0 Å². The predicted octanol–water partition coefficient (Wildman–Crippen LogP) is 2.13. The number of ether oxygens (including phenoxy) is 1. The second-order valence-corrected chi connectivity index (χ2v) is 6.72. The lowest BCUT2D eigenvalue weighted by atomic mass is 10.1. The lowest BCUT2D eigenvalue weighted by Crippen LogP contribution is -2.44. The van der Waals surface area contributed by atoms with Crippen molar-refractivity contribution in [1.29, 1.82) is 0 Å². The number of nitrogens with zero attached hydrogens (tertiary/aromatic N) is 3. The Labute approximate surface area is 168 Å². The van der Waals surface area contributed by atoms with Crippen molar-refractivity contribution in [3.8, 4) is 5.75 Å². The quantitative estimate of drug-likeness (QED) is 0.717. The number of aryl methyl sites for hydroxylation is 1. The molecule has 1 saturated heterocycles. The van der Waals surface area contributed by atoms with E-state index in [9.17, 15) is 9.59 Å². The van der Waals surface area contributed by atoms with Gasteiger partial charge in [0.1, 0.15) is 5.75 Å². The number of hydrazine groups is 1. The maximum absolute atomic E-state index is 12.4. The largest absolute Gasteiger partial charge is 0.483 e. The minimum absolute atomic E-state index is 0.0103. The van der Waals surface area contributed by atoms with Gasteiger partial charge in [-0.3, -0.25) is 20.4 Å². The summed E-state index contributed by atoms with van der Waals surface area (Å²) in [4.78, 5) is 34.7. The van der Waals surface area contributed by atoms with Crippen LogP contribution < -0.4 is 20.5 Å². The molecule has 0 saturated carbocycles. The first kappa shape index (κ1) is 19.9. The normalized spacial score (nSPS) is 13.3. The highest BCUT2D eigenvalue weighted by Crippen LogP contribution is 2.20. The Morgan fingerprint density at radius 3 is 2.71 bits per heavy atom. The van der Waals surface area contributed by atoms with Gasteiger partial charge in [0.2, 0.25) is 5.95 Å². The number of benzene rings is 1. The van der Waals surface area contributed by atoms with E-state index in [4.69, 9.17) is 16.3 Å². The summed E-state index contributed by atoms with van der Waals surface area (Å²) < 4.78 is 5.52. The number of carbonyl (C=O) groups excluding carboxylic acids is 2. The van der Waals surface area contributed by atoms with Crippen LogP contribution in [0.3, 0.4) is 0 Å². The van der Waals surface area contributed by atoms with E-state index in [-0.39, 0.29) is 17.3 Å². The van der Waals surface area contributed by atoms with E-state index in [1.165, 1.54) is 6.20 Å². The van der Waals surface area contributed by atoms with Gasteiger partial charge in [-0.1, -0.05) is 36.7 Å². The highest BCUT2D eigenvalue weighted by molar-refractivity contribution is 6.33. The topological polar surface area (TPSA) is 96.5 Å². The van der Waals surface area contributed by atoms with Gasteiger partial charge < -0.3 is 9.64 Å². The monoisotopic (exact) mass is 403 g/mol. The van der Waals surface area contributed by atoms with E-state index in [0.29, 0.717) is 11.7 Å². The molecule has 1 aliphatic rings. The van der Waals surface area contributed by atoms with Crippen LogP contribution in [0.1, 0.15) is 35.8 Å². The van der Waals surface area contributed by atoms with Crippen LogP contribution in [0.25, 0.3) is 0 Å². The number of para-hydroxylation sites is 1. The first-order valence-corrected chi connectivity index (χ1v) is 9.53. The molecule has 2 heterocycles. The van der Waals surface area contributed by atoms with Gasteiger partial charge in [0.25, 0.3) is 11.8 Å². The van der Waals surface area contributed by atoms with Crippen LogP contribution in [-0.2, 0) is 11.2 Å². The van der Waals surface area contributed by atoms with Crippen LogP contribution in [0.2, 0.25) is 5.02 Å². The Balaban J connectivity index is 1.54. The minimum atomic E-state index is -0.616. The van der Waals surface area contributed by atoms with Crippen LogP contribution in [0, 0.1) is 0 Å². The number of nitrogens with one attached hydrogen (secondary N) is 2. The Morgan fingerprint density at radius 1 is 1.21 bits per heavy atom. The first-order valence-electron chi connectivity index (χ1n) is 9.16. The van der Waals surface area contributed by atoms with Gasteiger partial charge in [0.15, 0.2) is 12.3 Å². The molecule has 2 aromatic rings. The first-order chi connectivity index (χ1) is 13.6. The van der Waals surface area contributed by atoms with E-state index in [2.05, 4.69) is 20.8 Å². The fraction of sp³-hybridized carbons (Fsp3) is 0.368. The summed E-state index contributed by atoms with van der Waals surface area (Å²) in [5.74, 6) is -0.0159. The molecule has 0 aliphatic carbocycles. The molecule has 0 bridgehead atoms. The third kappa shape index (κ3) is 4.89. The van der Waals surface area contributed by atoms with E-state index < -0.39 is 11.8 Å². The zero-order chi connectivity index (χ0) is 19.9. The fourth-order valence-electron chi connectivity index (χ4n) is 2.89. The van der Waals surface area contributed by atoms with Gasteiger partial charge in [-0.05, 0) is 30.9 Å². The number of carbonyl (C=O) groups is 2. The van der Waals surface area contributed by atoms with Gasteiger partial charge in [-0.25, -0.2) is 9.97 Å². The molecule has 148 valence electrons. The highest BCUT2D eigenvalue weighted by atomic mass is 35.5. The molecule has 1 aromatic carbocycles. The minimum Gasteiger partial charge on any atom is -0.483 e. The molecular weight excluding hydrogens is 382 g/mol. The molecule has 1 fully saturated rings. The van der Waals surface area contributed by atoms with Gasteiger partial charge in [-0.15, -0.1) is 0 Å². The second kappa shape index (κ2) is 9.36. The van der Waals surface area contributed by atoms with E-state index >= 15 is 0 Å². The van der Waals surface area contributed by atoms with Gasteiger partial charge in [-0.2, -0.15) is 0 Å². The van der Waals surface area contributed by atoms with Crippen LogP contribution in [0.15, 0.2) is 30.5 Å². The molecular formula is C19H22ClN5O3. The molecule has 2 amide bonds. The van der Waals surface area contributed by atoms with Crippen LogP contribution in [-0.4, -0.2) is 41.5 Å². The molecule has 1 aromatic heterocycles. The fourth-order valence-corrected chi connectivity index (χ4v) is 3.07. The lowest BCUT2D eigenvalue weighted by molar-refractivity contribution is -0.123. The average molecular weight is 404 g/mol. The second-order valence-electron chi connectivity index (χ2n) is 6.31. The summed E-state index contributed by atoms with van der Waals surface area (Å²) >= 11 is 6.05. The summed E-state index contributed by atoms with van der Waals surface area (Å²) in [5, 5.41) is 0.114. The Hall–Kier alpha value is -2.87. The van der Waals surface area contributed by atoms with Crippen molar-refractivity contribution in [3.63, 3.8) is 0 Å². The summed E-state index contributed by atoms with van der Waals surface area (Å²) in [6.07, 6.45) is 4.30. The molecule has 3 rings (SSSR count). The Kier molecular flexibility index (Phi) is 6.65. The molecule has 0 unspecified atom stereocenters. The standard InChI is InChI=1S/C19H22ClN5O3/c1-2-13-7-3-4-8-15(13)28-12-16(26)23-24-18(27)17-14(20)11-21-19(22-17)25-9-5-6-10-25/h3-4,7-8,11H,2,5-6,9-10,12H2,1H3,(H,23,26)(H,24,27). The molecule has 8 nitrogen and oxygen atoms in total. The van der Waals surface area contributed by atoms with Gasteiger partial charge in [0.05, 0.1) is 11.2 Å². The third-order valence-electron chi connectivity index (χ3n) is 4.36. The number of rotatable bonds is 6. The van der Waals surface area contributed by atoms with E-state index in [1.54, 1.807) is 6.07 Å². The van der Waals surface area contributed by atoms with Crippen molar-refractivity contribution in [2.75, 3.05) is 24.6 Å². The molecule has 1 aliphatic heterocycles. The maximum Gasteiger partial charge on any atom is 0.290 e. The number of amides is 2. The van der Waals surface area contributed by atoms with Crippen molar-refractivity contribution in [2.45, 2.75) is 26.2 Å². The van der Waals surface area contributed by atoms with Crippen molar-refractivity contribution < 1.29 is 14.3 Å². The van der Waals surface area contributed by atoms with E-state index in [1.807, 2.05) is 30.0 Å². The zero-order valence-electron chi connectivity index (χ0n) is 15.6. The number of hydrogen-bond donors (Lipinski definition) is 2. The molecule has 0 radical (unpaired) electrons. The number of halogens is 1. The highest BCUT2D eigenvalue weighted by Gasteiger charge is 2.20. The van der Waals surface area contributed by atoms with Crippen molar-refractivity contribution >= 4 is 29.4 Å². The Bertz CT molecular complexity index is 855. The van der Waals surface area contributed by atoms with Crippen LogP contribution in [0.4, 0.5) is 5.95 Å². The average Bonchev–Trinajstić information content (AvgIpc) is 3.26. The zero-order valence-corrected chi connectivity index (χ0v) is 16.3. The predicted molar refractivity (Wildman–Crippen MR) is 105 cm³/mol. The molecule has 28 heavy (non-hydrogen) atoms. The lowest BCUT2D eigenvalue weighted by Gasteiger charge is -2.16. The SMILES string of the molecule is CCc1ccccc1OCC(=O)NNC(=O)c1nc(N2CCCC2)ncc1Cl.